The van der Waals surface area contributed by atoms with E-state index in [0.717, 1.165) is 23.2 Å². The monoisotopic (exact) mass is 133 g/mol. The first kappa shape index (κ1) is 5.18. The van der Waals surface area contributed by atoms with Crippen LogP contribution >= 0.6 is 0 Å². The quantitative estimate of drug-likeness (QED) is 0.537. The summed E-state index contributed by atoms with van der Waals surface area (Å²) in [6.07, 6.45) is 6.62. The SMILES string of the molecule is N#CCC1C2(CC2)C12CC2. The highest BCUT2D eigenvalue weighted by Gasteiger charge is 2.85. The van der Waals surface area contributed by atoms with Crippen molar-refractivity contribution in [3.63, 3.8) is 0 Å². The van der Waals surface area contributed by atoms with Gasteiger partial charge in [0.2, 0.25) is 0 Å². The maximum atomic E-state index is 8.55. The van der Waals surface area contributed by atoms with E-state index >= 15 is 0 Å². The third kappa shape index (κ3) is 0.318. The van der Waals surface area contributed by atoms with Crippen LogP contribution < -0.4 is 0 Å². The van der Waals surface area contributed by atoms with E-state index in [0.29, 0.717) is 0 Å². The molecular formula is C9H11N. The molecule has 3 fully saturated rings. The standard InChI is InChI=1S/C9H11N/c10-6-1-7-8(2-3-8)9(7)4-5-9/h7H,1-5H2. The Morgan fingerprint density at radius 2 is 1.70 bits per heavy atom. The second kappa shape index (κ2) is 1.13. The summed E-state index contributed by atoms with van der Waals surface area (Å²) in [4.78, 5) is 0. The molecule has 0 unspecified atom stereocenters. The minimum atomic E-state index is 0.753. The van der Waals surface area contributed by atoms with Crippen molar-refractivity contribution in [1.82, 2.24) is 0 Å². The van der Waals surface area contributed by atoms with Crippen LogP contribution in [0.25, 0.3) is 0 Å². The van der Waals surface area contributed by atoms with Gasteiger partial charge in [0.05, 0.1) is 6.07 Å². The van der Waals surface area contributed by atoms with Crippen LogP contribution in [-0.2, 0) is 0 Å². The molecule has 0 bridgehead atoms. The van der Waals surface area contributed by atoms with Crippen LogP contribution in [0.4, 0.5) is 0 Å². The average molecular weight is 133 g/mol. The fourth-order valence-electron chi connectivity index (χ4n) is 3.28. The van der Waals surface area contributed by atoms with Crippen molar-refractivity contribution in [1.29, 1.82) is 5.26 Å². The largest absolute Gasteiger partial charge is 0.198 e. The lowest BCUT2D eigenvalue weighted by molar-refractivity contribution is 0.716. The zero-order valence-electron chi connectivity index (χ0n) is 6.06. The van der Waals surface area contributed by atoms with Gasteiger partial charge in [-0.15, -0.1) is 0 Å². The molecule has 0 heterocycles. The molecule has 1 heteroatoms. The molecule has 3 saturated carbocycles. The van der Waals surface area contributed by atoms with Crippen LogP contribution in [0, 0.1) is 28.1 Å². The Balaban J connectivity index is 1.86. The summed E-state index contributed by atoms with van der Waals surface area (Å²) >= 11 is 0. The number of fused-ring (bicyclic) bond motifs is 1. The smallest absolute Gasteiger partial charge is 0.0625 e. The van der Waals surface area contributed by atoms with Gasteiger partial charge in [-0.1, -0.05) is 0 Å². The zero-order valence-corrected chi connectivity index (χ0v) is 6.06. The number of hydrogen-bond donors (Lipinski definition) is 0. The minimum Gasteiger partial charge on any atom is -0.198 e. The molecule has 0 aromatic carbocycles. The molecule has 2 spiro atoms. The third-order valence-electron chi connectivity index (χ3n) is 4.12. The molecular weight excluding hydrogens is 122 g/mol. The van der Waals surface area contributed by atoms with Gasteiger partial charge in [-0.2, -0.15) is 5.26 Å². The van der Waals surface area contributed by atoms with E-state index in [-0.39, 0.29) is 0 Å². The molecule has 10 heavy (non-hydrogen) atoms. The summed E-state index contributed by atoms with van der Waals surface area (Å²) in [5.74, 6) is 0.838. The average Bonchev–Trinajstić information content (AvgIpc) is 2.78. The van der Waals surface area contributed by atoms with Gasteiger partial charge in [-0.25, -0.2) is 0 Å². The fourth-order valence-corrected chi connectivity index (χ4v) is 3.28. The number of hydrogen-bond acceptors (Lipinski definition) is 1. The molecule has 3 rings (SSSR count). The molecule has 0 amide bonds. The first-order valence-electron chi connectivity index (χ1n) is 4.23. The summed E-state index contributed by atoms with van der Waals surface area (Å²) < 4.78 is 0. The molecule has 0 aromatic heterocycles. The van der Waals surface area contributed by atoms with E-state index in [9.17, 15) is 0 Å². The Morgan fingerprint density at radius 1 is 1.20 bits per heavy atom. The molecule has 0 saturated heterocycles. The summed E-state index contributed by atoms with van der Waals surface area (Å²) in [6.45, 7) is 0. The predicted octanol–water partition coefficient (Wildman–Crippen LogP) is 2.09. The van der Waals surface area contributed by atoms with Gasteiger partial charge in [0.1, 0.15) is 0 Å². The first-order chi connectivity index (χ1) is 4.86. The minimum absolute atomic E-state index is 0.753. The van der Waals surface area contributed by atoms with E-state index in [1.807, 2.05) is 0 Å². The van der Waals surface area contributed by atoms with Gasteiger partial charge >= 0.3 is 0 Å². The van der Waals surface area contributed by atoms with Gasteiger partial charge in [-0.3, -0.25) is 0 Å². The second-order valence-corrected chi connectivity index (χ2v) is 4.23. The third-order valence-corrected chi connectivity index (χ3v) is 4.12. The summed E-state index contributed by atoms with van der Waals surface area (Å²) in [7, 11) is 0. The number of rotatable bonds is 1. The normalized spacial score (nSPS) is 41.3. The summed E-state index contributed by atoms with van der Waals surface area (Å²) in [5, 5.41) is 8.55. The van der Waals surface area contributed by atoms with Crippen molar-refractivity contribution in [2.45, 2.75) is 32.1 Å². The van der Waals surface area contributed by atoms with Crippen molar-refractivity contribution < 1.29 is 0 Å². The van der Waals surface area contributed by atoms with Crippen molar-refractivity contribution in [2.75, 3.05) is 0 Å². The second-order valence-electron chi connectivity index (χ2n) is 4.23. The molecule has 0 N–H and O–H groups in total. The van der Waals surface area contributed by atoms with E-state index in [2.05, 4.69) is 6.07 Å². The molecule has 0 radical (unpaired) electrons. The number of nitrogens with zero attached hydrogens (tertiary/aromatic N) is 1. The van der Waals surface area contributed by atoms with E-state index in [4.69, 9.17) is 5.26 Å². The molecule has 1 nitrogen and oxygen atoms in total. The molecule has 3 aliphatic rings. The van der Waals surface area contributed by atoms with E-state index in [1.165, 1.54) is 25.7 Å². The van der Waals surface area contributed by atoms with Gasteiger partial charge < -0.3 is 0 Å². The van der Waals surface area contributed by atoms with Gasteiger partial charge in [0.15, 0.2) is 0 Å². The van der Waals surface area contributed by atoms with Crippen LogP contribution in [0.3, 0.4) is 0 Å². The van der Waals surface area contributed by atoms with Gasteiger partial charge in [0.25, 0.3) is 0 Å². The predicted molar refractivity (Wildman–Crippen MR) is 37.1 cm³/mol. The molecule has 52 valence electrons. The van der Waals surface area contributed by atoms with Crippen LogP contribution in [-0.4, -0.2) is 0 Å². The molecule has 0 atom stereocenters. The van der Waals surface area contributed by atoms with Crippen molar-refractivity contribution >= 4 is 0 Å². The summed E-state index contributed by atoms with van der Waals surface area (Å²) in [5.41, 5.74) is 1.51. The van der Waals surface area contributed by atoms with Crippen LogP contribution in [0.5, 0.6) is 0 Å². The van der Waals surface area contributed by atoms with Crippen molar-refractivity contribution in [2.24, 2.45) is 16.7 Å². The maximum Gasteiger partial charge on any atom is 0.0625 e. The highest BCUT2D eigenvalue weighted by molar-refractivity contribution is 5.35. The lowest BCUT2D eigenvalue weighted by atomic mass is 10.2. The Hall–Kier alpha value is -0.510. The molecule has 0 aromatic rings. The van der Waals surface area contributed by atoms with Crippen molar-refractivity contribution in [3.05, 3.63) is 0 Å². The first-order valence-corrected chi connectivity index (χ1v) is 4.23. The van der Waals surface area contributed by atoms with Crippen LogP contribution in [0.15, 0.2) is 0 Å². The van der Waals surface area contributed by atoms with Gasteiger partial charge in [-0.05, 0) is 42.4 Å². The number of nitriles is 1. The lowest BCUT2D eigenvalue weighted by Gasteiger charge is -1.80. The Kier molecular flexibility index (Phi) is 0.588. The molecule has 3 aliphatic carbocycles. The van der Waals surface area contributed by atoms with Crippen LogP contribution in [0.2, 0.25) is 0 Å². The summed E-state index contributed by atoms with van der Waals surface area (Å²) in [6, 6.07) is 2.32. The Labute approximate surface area is 61.0 Å². The Morgan fingerprint density at radius 3 is 2.00 bits per heavy atom. The van der Waals surface area contributed by atoms with Gasteiger partial charge in [0, 0.05) is 6.42 Å². The van der Waals surface area contributed by atoms with E-state index in [1.54, 1.807) is 0 Å². The van der Waals surface area contributed by atoms with Crippen molar-refractivity contribution in [3.8, 4) is 6.07 Å². The Bertz CT molecular complexity index is 210. The highest BCUT2D eigenvalue weighted by Crippen LogP contribution is 2.93. The zero-order chi connectivity index (χ0) is 6.82. The lowest BCUT2D eigenvalue weighted by Crippen LogP contribution is -1.76. The fraction of sp³-hybridized carbons (Fsp3) is 0.889. The highest BCUT2D eigenvalue weighted by atomic mass is 14.9. The maximum absolute atomic E-state index is 8.55. The topological polar surface area (TPSA) is 23.8 Å². The van der Waals surface area contributed by atoms with Crippen LogP contribution in [0.1, 0.15) is 32.1 Å². The molecule has 0 aliphatic heterocycles. The van der Waals surface area contributed by atoms with E-state index < -0.39 is 0 Å².